The van der Waals surface area contributed by atoms with Gasteiger partial charge in [-0.25, -0.2) is 4.39 Å². The molecule has 2 saturated heterocycles. The van der Waals surface area contributed by atoms with Crippen LogP contribution in [-0.4, -0.2) is 54.4 Å². The molecule has 2 fully saturated rings. The zero-order valence-electron chi connectivity index (χ0n) is 12.9. The van der Waals surface area contributed by atoms with Crippen LogP contribution >= 0.6 is 0 Å². The summed E-state index contributed by atoms with van der Waals surface area (Å²) in [6, 6.07) is 6.21. The fourth-order valence-corrected chi connectivity index (χ4v) is 3.39. The number of ether oxygens (including phenoxy) is 1. The van der Waals surface area contributed by atoms with Gasteiger partial charge in [0, 0.05) is 26.2 Å². The van der Waals surface area contributed by atoms with Gasteiger partial charge in [-0.1, -0.05) is 0 Å². The van der Waals surface area contributed by atoms with Crippen LogP contribution in [0, 0.1) is 5.82 Å². The first-order valence-electron chi connectivity index (χ1n) is 8.21. The van der Waals surface area contributed by atoms with E-state index in [0.717, 1.165) is 57.6 Å². The maximum Gasteiger partial charge on any atom is 0.123 e. The molecule has 0 radical (unpaired) electrons. The molecule has 1 aromatic rings. The minimum absolute atomic E-state index is 0.181. The predicted molar refractivity (Wildman–Crippen MR) is 83.5 cm³/mol. The summed E-state index contributed by atoms with van der Waals surface area (Å²) in [4.78, 5) is 2.33. The quantitative estimate of drug-likeness (QED) is 0.890. The lowest BCUT2D eigenvalue weighted by atomic mass is 9.92. The Labute approximate surface area is 131 Å². The third kappa shape index (κ3) is 4.18. The lowest BCUT2D eigenvalue weighted by molar-refractivity contribution is -0.0271. The molecule has 22 heavy (non-hydrogen) atoms. The first kappa shape index (κ1) is 15.7. The normalized spacial score (nSPS) is 27.7. The number of likely N-dealkylation sites (tertiary alicyclic amines) is 1. The van der Waals surface area contributed by atoms with Crippen molar-refractivity contribution in [2.75, 3.05) is 32.7 Å². The highest BCUT2D eigenvalue weighted by Crippen LogP contribution is 2.22. The van der Waals surface area contributed by atoms with Crippen LogP contribution in [0.4, 0.5) is 4.39 Å². The summed E-state index contributed by atoms with van der Waals surface area (Å²) in [7, 11) is 0. The number of halogens is 1. The molecule has 0 saturated carbocycles. The summed E-state index contributed by atoms with van der Waals surface area (Å²) in [5.41, 5.74) is -0.580. The molecule has 3 rings (SSSR count). The second-order valence-electron chi connectivity index (χ2n) is 6.55. The first-order chi connectivity index (χ1) is 10.6. The van der Waals surface area contributed by atoms with Crippen LogP contribution in [0.1, 0.15) is 25.7 Å². The van der Waals surface area contributed by atoms with E-state index in [1.165, 1.54) is 12.1 Å². The summed E-state index contributed by atoms with van der Waals surface area (Å²) in [5.74, 6) is 0.492. The maximum atomic E-state index is 12.9. The zero-order valence-corrected chi connectivity index (χ0v) is 12.9. The number of hydrogen-bond donors (Lipinski definition) is 2. The number of hydrogen-bond acceptors (Lipinski definition) is 4. The van der Waals surface area contributed by atoms with Gasteiger partial charge >= 0.3 is 0 Å². The summed E-state index contributed by atoms with van der Waals surface area (Å²) < 4.78 is 18.8. The number of β-amino-alcohol motifs (C(OH)–C–C–N with tert-alkyl or cyclic N) is 1. The van der Waals surface area contributed by atoms with Crippen molar-refractivity contribution in [1.82, 2.24) is 10.2 Å². The van der Waals surface area contributed by atoms with Crippen molar-refractivity contribution < 1.29 is 14.2 Å². The summed E-state index contributed by atoms with van der Waals surface area (Å²) in [6.07, 6.45) is 4.00. The number of piperidine rings is 2. The van der Waals surface area contributed by atoms with Crippen molar-refractivity contribution in [3.8, 4) is 5.75 Å². The average Bonchev–Trinajstić information content (AvgIpc) is 2.52. The number of nitrogens with zero attached hydrogens (tertiary/aromatic N) is 1. The number of aliphatic hydroxyl groups is 1. The van der Waals surface area contributed by atoms with Gasteiger partial charge in [-0.05, 0) is 56.5 Å². The molecule has 0 bridgehead atoms. The average molecular weight is 308 g/mol. The fourth-order valence-electron chi connectivity index (χ4n) is 3.39. The van der Waals surface area contributed by atoms with E-state index in [-0.39, 0.29) is 11.9 Å². The Hall–Kier alpha value is -1.17. The highest BCUT2D eigenvalue weighted by molar-refractivity contribution is 5.22. The smallest absolute Gasteiger partial charge is 0.123 e. The first-order valence-corrected chi connectivity index (χ1v) is 8.21. The Morgan fingerprint density at radius 3 is 2.64 bits per heavy atom. The third-order valence-corrected chi connectivity index (χ3v) is 4.62. The van der Waals surface area contributed by atoms with E-state index in [9.17, 15) is 9.50 Å². The second-order valence-corrected chi connectivity index (χ2v) is 6.55. The number of rotatable bonds is 4. The molecule has 0 aliphatic carbocycles. The molecule has 0 spiro atoms. The molecule has 0 aromatic heterocycles. The van der Waals surface area contributed by atoms with E-state index in [0.29, 0.717) is 6.54 Å². The molecule has 4 nitrogen and oxygen atoms in total. The molecule has 1 aromatic carbocycles. The monoisotopic (exact) mass is 308 g/mol. The lowest BCUT2D eigenvalue weighted by Crippen LogP contribution is -2.54. The molecule has 2 heterocycles. The van der Waals surface area contributed by atoms with Crippen LogP contribution < -0.4 is 10.1 Å². The molecular formula is C17H25FN2O2. The van der Waals surface area contributed by atoms with E-state index < -0.39 is 5.60 Å². The van der Waals surface area contributed by atoms with Crippen molar-refractivity contribution in [2.24, 2.45) is 0 Å². The van der Waals surface area contributed by atoms with Crippen molar-refractivity contribution >= 4 is 0 Å². The molecule has 2 aliphatic heterocycles. The van der Waals surface area contributed by atoms with Crippen LogP contribution in [0.3, 0.4) is 0 Å². The molecule has 2 aliphatic rings. The van der Waals surface area contributed by atoms with Crippen LogP contribution in [0.2, 0.25) is 0 Å². The van der Waals surface area contributed by atoms with Gasteiger partial charge in [0.15, 0.2) is 0 Å². The van der Waals surface area contributed by atoms with Gasteiger partial charge in [0.25, 0.3) is 0 Å². The Morgan fingerprint density at radius 2 is 2.00 bits per heavy atom. The van der Waals surface area contributed by atoms with Gasteiger partial charge in [-0.2, -0.15) is 0 Å². The molecule has 0 unspecified atom stereocenters. The van der Waals surface area contributed by atoms with Crippen LogP contribution in [0.25, 0.3) is 0 Å². The molecule has 5 heteroatoms. The third-order valence-electron chi connectivity index (χ3n) is 4.62. The van der Waals surface area contributed by atoms with Gasteiger partial charge < -0.3 is 20.1 Å². The second kappa shape index (κ2) is 6.94. The highest BCUT2D eigenvalue weighted by atomic mass is 19.1. The Morgan fingerprint density at radius 1 is 1.27 bits per heavy atom. The fraction of sp³-hybridized carbons (Fsp3) is 0.647. The standard InChI is InChI=1S/C17H25FN2O2/c18-14-2-4-15(5-3-14)22-16-6-10-20(11-7-16)13-17(21)8-1-9-19-12-17/h2-5,16,19,21H,1,6-13H2/t17-/m0/s1. The minimum Gasteiger partial charge on any atom is -0.490 e. The van der Waals surface area contributed by atoms with Gasteiger partial charge in [0.2, 0.25) is 0 Å². The van der Waals surface area contributed by atoms with E-state index in [1.54, 1.807) is 12.1 Å². The van der Waals surface area contributed by atoms with E-state index >= 15 is 0 Å². The van der Waals surface area contributed by atoms with Crippen molar-refractivity contribution in [2.45, 2.75) is 37.4 Å². The van der Waals surface area contributed by atoms with Gasteiger partial charge in [0.05, 0.1) is 5.60 Å². The van der Waals surface area contributed by atoms with E-state index in [4.69, 9.17) is 4.74 Å². The topological polar surface area (TPSA) is 44.7 Å². The van der Waals surface area contributed by atoms with Crippen molar-refractivity contribution in [3.63, 3.8) is 0 Å². The Balaban J connectivity index is 1.45. The van der Waals surface area contributed by atoms with E-state index in [1.807, 2.05) is 0 Å². The number of nitrogens with one attached hydrogen (secondary N) is 1. The lowest BCUT2D eigenvalue weighted by Gasteiger charge is -2.40. The summed E-state index contributed by atoms with van der Waals surface area (Å²) in [5, 5.41) is 13.9. The van der Waals surface area contributed by atoms with Crippen LogP contribution in [0.15, 0.2) is 24.3 Å². The zero-order chi connectivity index (χ0) is 15.4. The molecule has 2 N–H and O–H groups in total. The van der Waals surface area contributed by atoms with Gasteiger partial charge in [-0.3, -0.25) is 0 Å². The minimum atomic E-state index is -0.580. The van der Waals surface area contributed by atoms with E-state index in [2.05, 4.69) is 10.2 Å². The Bertz CT molecular complexity index is 466. The summed E-state index contributed by atoms with van der Waals surface area (Å²) in [6.45, 7) is 4.32. The predicted octanol–water partition coefficient (Wildman–Crippen LogP) is 1.78. The van der Waals surface area contributed by atoms with Crippen molar-refractivity contribution in [1.29, 1.82) is 0 Å². The molecule has 0 amide bonds. The largest absolute Gasteiger partial charge is 0.490 e. The van der Waals surface area contributed by atoms with Crippen molar-refractivity contribution in [3.05, 3.63) is 30.1 Å². The SMILES string of the molecule is O[C@@]1(CN2CCC(Oc3ccc(F)cc3)CC2)CCCNC1. The van der Waals surface area contributed by atoms with Gasteiger partial charge in [0.1, 0.15) is 17.7 Å². The Kier molecular flexibility index (Phi) is 4.96. The number of benzene rings is 1. The molecule has 122 valence electrons. The summed E-state index contributed by atoms with van der Waals surface area (Å²) >= 11 is 0. The maximum absolute atomic E-state index is 12.9. The van der Waals surface area contributed by atoms with Gasteiger partial charge in [-0.15, -0.1) is 0 Å². The molecule has 1 atom stereocenters. The van der Waals surface area contributed by atoms with Crippen LogP contribution in [-0.2, 0) is 0 Å². The molecular weight excluding hydrogens is 283 g/mol. The highest BCUT2D eigenvalue weighted by Gasteiger charge is 2.33. The van der Waals surface area contributed by atoms with Crippen LogP contribution in [0.5, 0.6) is 5.75 Å².